The normalized spacial score (nSPS) is 13.2. The van der Waals surface area contributed by atoms with E-state index in [1.165, 1.54) is 77.5 Å². The minimum atomic E-state index is -0.514. The van der Waals surface area contributed by atoms with Crippen molar-refractivity contribution < 1.29 is 4.42 Å². The molecular weight excluding hydrogens is 811 g/mol. The summed E-state index contributed by atoms with van der Waals surface area (Å²) in [4.78, 5) is 2.32. The van der Waals surface area contributed by atoms with Gasteiger partial charge in [-0.2, -0.15) is 0 Å². The smallest absolute Gasteiger partial charge is 0.135 e. The van der Waals surface area contributed by atoms with Gasteiger partial charge in [0.15, 0.2) is 0 Å². The van der Waals surface area contributed by atoms with Crippen LogP contribution in [0.4, 0.5) is 11.4 Å². The molecule has 0 saturated heterocycles. The first-order valence-electron chi connectivity index (χ1n) is 23.5. The van der Waals surface area contributed by atoms with Crippen LogP contribution in [0, 0.1) is 0 Å². The molecule has 1 spiro atoms. The van der Waals surface area contributed by atoms with Crippen LogP contribution in [0.25, 0.3) is 44.2 Å². The molecule has 0 unspecified atom stereocenters. The largest absolute Gasteiger partial charge is 0.456 e. The molecule has 11 aromatic rings. The van der Waals surface area contributed by atoms with Crippen molar-refractivity contribution in [3.05, 3.63) is 299 Å². The zero-order valence-electron chi connectivity index (χ0n) is 38.1. The van der Waals surface area contributed by atoms with Crippen molar-refractivity contribution in [2.45, 2.75) is 24.7 Å². The molecule has 10 aromatic carbocycles. The third-order valence-electron chi connectivity index (χ3n) is 13.9. The van der Waals surface area contributed by atoms with Gasteiger partial charge in [0, 0.05) is 29.2 Å². The van der Waals surface area contributed by atoms with Crippen molar-refractivity contribution in [1.29, 1.82) is 0 Å². The summed E-state index contributed by atoms with van der Waals surface area (Å²) >= 11 is 0. The predicted octanol–water partition coefficient (Wildman–Crippen LogP) is 16.8. The van der Waals surface area contributed by atoms with Gasteiger partial charge < -0.3 is 9.32 Å². The third-order valence-corrected chi connectivity index (χ3v) is 13.9. The maximum Gasteiger partial charge on any atom is 0.135 e. The molecule has 1 aromatic heterocycles. The van der Waals surface area contributed by atoms with Gasteiger partial charge in [0.2, 0.25) is 0 Å². The van der Waals surface area contributed by atoms with E-state index in [1.54, 1.807) is 0 Å². The Bertz CT molecular complexity index is 3360. The molecule has 2 heteroatoms. The van der Waals surface area contributed by atoms with Crippen molar-refractivity contribution in [3.63, 3.8) is 0 Å². The van der Waals surface area contributed by atoms with Gasteiger partial charge in [-0.3, -0.25) is 0 Å². The first-order chi connectivity index (χ1) is 33.2. The Morgan fingerprint density at radius 3 is 1.24 bits per heavy atom. The highest BCUT2D eigenvalue weighted by Crippen LogP contribution is 2.64. The van der Waals surface area contributed by atoms with E-state index in [9.17, 15) is 0 Å². The minimum Gasteiger partial charge on any atom is -0.456 e. The lowest BCUT2D eigenvalue weighted by Crippen LogP contribution is -2.44. The minimum absolute atomic E-state index is 0.506. The summed E-state index contributed by atoms with van der Waals surface area (Å²) in [6.45, 7) is 4.00. The van der Waals surface area contributed by atoms with E-state index in [4.69, 9.17) is 4.42 Å². The van der Waals surface area contributed by atoms with Crippen molar-refractivity contribution in [3.8, 4) is 22.3 Å². The second kappa shape index (κ2) is 17.3. The molecule has 0 fully saturated rings. The van der Waals surface area contributed by atoms with Crippen molar-refractivity contribution in [2.24, 2.45) is 0 Å². The number of benzene rings is 10. The molecule has 0 bridgehead atoms. The Balaban J connectivity index is 0.000000280. The fourth-order valence-electron chi connectivity index (χ4n) is 11.1. The van der Waals surface area contributed by atoms with Crippen molar-refractivity contribution in [1.82, 2.24) is 0 Å². The Morgan fingerprint density at radius 2 is 0.701 bits per heavy atom. The lowest BCUT2D eigenvalue weighted by molar-refractivity contribution is 0.623. The fraction of sp³-hybridized carbons (Fsp3) is 0.0769. The first-order valence-corrected chi connectivity index (χ1v) is 23.5. The van der Waals surface area contributed by atoms with Gasteiger partial charge in [-0.25, -0.2) is 0 Å². The molecule has 0 atom stereocenters. The second-order valence-corrected chi connectivity index (χ2v) is 17.2. The summed E-state index contributed by atoms with van der Waals surface area (Å²) in [5.41, 5.74) is 18.8. The maximum absolute atomic E-state index is 5.65. The number of anilines is 2. The quantitative estimate of drug-likeness (QED) is 0.171. The van der Waals surface area contributed by atoms with E-state index in [0.29, 0.717) is 0 Å². The fourth-order valence-corrected chi connectivity index (χ4v) is 11.1. The van der Waals surface area contributed by atoms with Crippen LogP contribution in [0.15, 0.2) is 259 Å². The van der Waals surface area contributed by atoms with Crippen LogP contribution in [0.3, 0.4) is 0 Å². The van der Waals surface area contributed by atoms with E-state index in [0.717, 1.165) is 22.5 Å². The van der Waals surface area contributed by atoms with Crippen molar-refractivity contribution >= 4 is 33.3 Å². The highest BCUT2D eigenvalue weighted by molar-refractivity contribution is 6.04. The first kappa shape index (κ1) is 41.5. The van der Waals surface area contributed by atoms with Crippen LogP contribution >= 0.6 is 0 Å². The summed E-state index contributed by atoms with van der Waals surface area (Å²) in [5, 5.41) is 2.39. The summed E-state index contributed by atoms with van der Waals surface area (Å²) in [6, 6.07) is 92.7. The molecule has 0 radical (unpaired) electrons. The lowest BCUT2D eigenvalue weighted by Gasteiger charge is -2.50. The van der Waals surface area contributed by atoms with Gasteiger partial charge in [0.05, 0.1) is 10.8 Å². The standard InChI is InChI=1S/C51H37N.C12H8O.C2H6/c1-52(40-31-29-37(30-32-40)36-17-5-2-6-18-36)41-33-34-43-42-23-11-12-24-44(42)51(49(43)35-41)47-27-15-13-25-45(47)50(38-19-7-3-8-20-38,39-21-9-4-10-22-39)46-26-14-16-28-48(46)51;1-3-7-11-9(5-1)10-6-2-4-8-12(10)13-11;1-2/h2-35H,1H3;1-8H;1-2H3. The summed E-state index contributed by atoms with van der Waals surface area (Å²) in [5.74, 6) is 0. The van der Waals surface area contributed by atoms with Crippen LogP contribution in [0.1, 0.15) is 58.4 Å². The van der Waals surface area contributed by atoms with Gasteiger partial charge in [-0.15, -0.1) is 0 Å². The molecule has 13 rings (SSSR count). The Kier molecular flexibility index (Phi) is 10.7. The average molecular weight is 862 g/mol. The number of nitrogens with zero attached hydrogens (tertiary/aromatic N) is 1. The summed E-state index contributed by atoms with van der Waals surface area (Å²) in [6.07, 6.45) is 0. The van der Waals surface area contributed by atoms with Crippen LogP contribution < -0.4 is 4.90 Å². The van der Waals surface area contributed by atoms with E-state index < -0.39 is 10.8 Å². The number of fused-ring (bicyclic) bond motifs is 12. The van der Waals surface area contributed by atoms with E-state index in [2.05, 4.69) is 230 Å². The highest BCUT2D eigenvalue weighted by atomic mass is 16.3. The number of rotatable bonds is 5. The monoisotopic (exact) mass is 861 g/mol. The van der Waals surface area contributed by atoms with Crippen molar-refractivity contribution in [2.75, 3.05) is 11.9 Å². The highest BCUT2D eigenvalue weighted by Gasteiger charge is 2.56. The molecule has 0 aliphatic heterocycles. The second-order valence-electron chi connectivity index (χ2n) is 17.2. The van der Waals surface area contributed by atoms with Crippen LogP contribution in [0.5, 0.6) is 0 Å². The summed E-state index contributed by atoms with van der Waals surface area (Å²) < 4.78 is 5.65. The molecule has 2 aliphatic rings. The topological polar surface area (TPSA) is 16.4 Å². The number of hydrogen-bond donors (Lipinski definition) is 0. The maximum atomic E-state index is 5.65. The van der Waals surface area contributed by atoms with Crippen LogP contribution in [-0.2, 0) is 10.8 Å². The number of furan rings is 1. The van der Waals surface area contributed by atoms with E-state index >= 15 is 0 Å². The van der Waals surface area contributed by atoms with Gasteiger partial charge >= 0.3 is 0 Å². The van der Waals surface area contributed by atoms with Gasteiger partial charge in [-0.1, -0.05) is 232 Å². The Labute approximate surface area is 394 Å². The van der Waals surface area contributed by atoms with Crippen LogP contribution in [-0.4, -0.2) is 7.05 Å². The Hall–Kier alpha value is -8.20. The third kappa shape index (κ3) is 6.55. The van der Waals surface area contributed by atoms with Gasteiger partial charge in [0.1, 0.15) is 11.2 Å². The van der Waals surface area contributed by atoms with E-state index in [-0.39, 0.29) is 0 Å². The molecule has 0 saturated carbocycles. The predicted molar refractivity (Wildman–Crippen MR) is 281 cm³/mol. The molecular formula is C65H51NO. The molecule has 0 amide bonds. The van der Waals surface area contributed by atoms with E-state index in [1.807, 2.05) is 50.2 Å². The molecule has 2 aliphatic carbocycles. The molecule has 0 N–H and O–H groups in total. The Morgan fingerprint density at radius 1 is 0.313 bits per heavy atom. The lowest BCUT2D eigenvalue weighted by atomic mass is 9.51. The molecule has 2 nitrogen and oxygen atoms in total. The number of hydrogen-bond acceptors (Lipinski definition) is 2. The number of para-hydroxylation sites is 2. The van der Waals surface area contributed by atoms with Gasteiger partial charge in [-0.05, 0) is 103 Å². The summed E-state index contributed by atoms with van der Waals surface area (Å²) in [7, 11) is 2.19. The SMILES string of the molecule is CC.CN(c1ccc(-c2ccccc2)cc1)c1ccc2c(c1)C1(c3ccccc3-2)c2ccccc2C(c2ccccc2)(c2ccccc2)c2ccccc21.c1ccc2c(c1)oc1ccccc12. The average Bonchev–Trinajstić information content (AvgIpc) is 3.94. The zero-order valence-corrected chi connectivity index (χ0v) is 38.1. The molecule has 1 heterocycles. The molecule has 322 valence electrons. The molecule has 67 heavy (non-hydrogen) atoms. The van der Waals surface area contributed by atoms with Crippen LogP contribution in [0.2, 0.25) is 0 Å². The zero-order chi connectivity index (χ0) is 45.4. The van der Waals surface area contributed by atoms with Gasteiger partial charge in [0.25, 0.3) is 0 Å².